The van der Waals surface area contributed by atoms with Crippen molar-refractivity contribution in [1.82, 2.24) is 0 Å². The number of aliphatic imine (C=N–C) groups is 1. The van der Waals surface area contributed by atoms with Gasteiger partial charge in [0.1, 0.15) is 0 Å². The van der Waals surface area contributed by atoms with E-state index in [0.29, 0.717) is 0 Å². The molecule has 0 bridgehead atoms. The minimum atomic E-state index is -1.88. The highest BCUT2D eigenvalue weighted by Gasteiger charge is 2.34. The van der Waals surface area contributed by atoms with Gasteiger partial charge in [-0.05, 0) is 6.92 Å². The molecule has 8 heteroatoms. The van der Waals surface area contributed by atoms with E-state index in [2.05, 4.69) is 9.73 Å². The van der Waals surface area contributed by atoms with Crippen molar-refractivity contribution in [2.45, 2.75) is 6.92 Å². The minimum absolute atomic E-state index is 0.0330. The highest BCUT2D eigenvalue weighted by atomic mass is 19.2. The number of ketones is 1. The fraction of sp³-hybridized carbons (Fsp3) is 0.308. The van der Waals surface area contributed by atoms with Crippen molar-refractivity contribution in [1.29, 1.82) is 0 Å². The molecule has 21 heavy (non-hydrogen) atoms. The highest BCUT2D eigenvalue weighted by molar-refractivity contribution is 6.18. The fourth-order valence-electron chi connectivity index (χ4n) is 1.56. The van der Waals surface area contributed by atoms with Crippen LogP contribution in [0.25, 0.3) is 0 Å². The number of carbonyl (C=O) groups excluding carboxylic acids is 2. The summed E-state index contributed by atoms with van der Waals surface area (Å²) in [5.74, 6) is -11.6. The molecule has 0 saturated heterocycles. The fourth-order valence-corrected chi connectivity index (χ4v) is 1.56. The van der Waals surface area contributed by atoms with Crippen molar-refractivity contribution in [3.63, 3.8) is 0 Å². The molecule has 1 unspecified atom stereocenters. The monoisotopic (exact) mass is 305 g/mol. The van der Waals surface area contributed by atoms with Gasteiger partial charge in [-0.15, -0.1) is 0 Å². The standard InChI is InChI=1S/C13H11F4NO3/c1-3-21-13(20)6(5-18-2)12(19)9-10(16)7(14)4-8(15)11(9)17/h4-6H,3H2,1-2H3. The zero-order chi connectivity index (χ0) is 16.2. The highest BCUT2D eigenvalue weighted by Crippen LogP contribution is 2.22. The summed E-state index contributed by atoms with van der Waals surface area (Å²) >= 11 is 0. The normalized spacial score (nSPS) is 12.5. The predicted molar refractivity (Wildman–Crippen MR) is 65.1 cm³/mol. The van der Waals surface area contributed by atoms with Gasteiger partial charge in [0, 0.05) is 19.3 Å². The van der Waals surface area contributed by atoms with Crippen molar-refractivity contribution < 1.29 is 31.9 Å². The Kier molecular flexibility index (Phi) is 5.57. The third-order valence-electron chi connectivity index (χ3n) is 2.48. The number of benzene rings is 1. The van der Waals surface area contributed by atoms with E-state index in [1.165, 1.54) is 14.0 Å². The Morgan fingerprint density at radius 2 is 1.76 bits per heavy atom. The summed E-state index contributed by atoms with van der Waals surface area (Å²) in [6.45, 7) is 1.36. The molecule has 1 aromatic rings. The molecule has 0 radical (unpaired) electrons. The van der Waals surface area contributed by atoms with Crippen LogP contribution in [-0.2, 0) is 9.53 Å². The van der Waals surface area contributed by atoms with Crippen molar-refractivity contribution in [2.24, 2.45) is 10.9 Å². The van der Waals surface area contributed by atoms with E-state index >= 15 is 0 Å². The van der Waals surface area contributed by atoms with Crippen LogP contribution in [0.4, 0.5) is 17.6 Å². The second-order valence-corrected chi connectivity index (χ2v) is 3.84. The van der Waals surface area contributed by atoms with Gasteiger partial charge in [0.25, 0.3) is 0 Å². The Labute approximate surface area is 117 Å². The maximum atomic E-state index is 13.5. The van der Waals surface area contributed by atoms with E-state index in [1.54, 1.807) is 0 Å². The van der Waals surface area contributed by atoms with Gasteiger partial charge in [-0.25, -0.2) is 17.6 Å². The molecule has 1 rings (SSSR count). The second-order valence-electron chi connectivity index (χ2n) is 3.84. The van der Waals surface area contributed by atoms with Crippen molar-refractivity contribution in [3.8, 4) is 0 Å². The number of hydrogen-bond acceptors (Lipinski definition) is 4. The molecule has 0 spiro atoms. The molecule has 0 heterocycles. The average Bonchev–Trinajstić information content (AvgIpc) is 2.43. The van der Waals surface area contributed by atoms with Gasteiger partial charge < -0.3 is 4.74 Å². The van der Waals surface area contributed by atoms with Gasteiger partial charge in [-0.2, -0.15) is 0 Å². The molecule has 0 aliphatic rings. The molecule has 0 N–H and O–H groups in total. The molecule has 1 aromatic carbocycles. The molecule has 1 atom stereocenters. The Morgan fingerprint density at radius 3 is 2.19 bits per heavy atom. The molecule has 0 aliphatic heterocycles. The maximum absolute atomic E-state index is 13.5. The van der Waals surface area contributed by atoms with E-state index in [9.17, 15) is 27.2 Å². The Bertz CT molecular complexity index is 575. The Hall–Kier alpha value is -2.25. The van der Waals surface area contributed by atoms with Crippen LogP contribution in [0.3, 0.4) is 0 Å². The number of ether oxygens (including phenoxy) is 1. The van der Waals surface area contributed by atoms with Crippen LogP contribution in [0.15, 0.2) is 11.1 Å². The van der Waals surface area contributed by atoms with E-state index in [-0.39, 0.29) is 12.7 Å². The smallest absolute Gasteiger partial charge is 0.322 e. The minimum Gasteiger partial charge on any atom is -0.465 e. The zero-order valence-electron chi connectivity index (χ0n) is 11.1. The molecular weight excluding hydrogens is 294 g/mol. The van der Waals surface area contributed by atoms with Gasteiger partial charge in [-0.3, -0.25) is 14.6 Å². The van der Waals surface area contributed by atoms with Crippen molar-refractivity contribution in [3.05, 3.63) is 34.9 Å². The zero-order valence-corrected chi connectivity index (χ0v) is 11.1. The lowest BCUT2D eigenvalue weighted by Gasteiger charge is -2.12. The summed E-state index contributed by atoms with van der Waals surface area (Å²) in [7, 11) is 1.21. The lowest BCUT2D eigenvalue weighted by molar-refractivity contribution is -0.143. The largest absolute Gasteiger partial charge is 0.465 e. The number of halogens is 4. The van der Waals surface area contributed by atoms with Crippen molar-refractivity contribution in [2.75, 3.05) is 13.7 Å². The van der Waals surface area contributed by atoms with Crippen LogP contribution in [-0.4, -0.2) is 31.6 Å². The number of Topliss-reactive ketones (excluding diaryl/α,β-unsaturated/α-hetero) is 1. The summed E-state index contributed by atoms with van der Waals surface area (Å²) in [6, 6.07) is -0.0330. The third kappa shape index (κ3) is 3.45. The first kappa shape index (κ1) is 16.8. The van der Waals surface area contributed by atoms with E-state index in [4.69, 9.17) is 0 Å². The van der Waals surface area contributed by atoms with Crippen molar-refractivity contribution >= 4 is 18.0 Å². The lowest BCUT2D eigenvalue weighted by Crippen LogP contribution is -2.29. The van der Waals surface area contributed by atoms with Gasteiger partial charge >= 0.3 is 5.97 Å². The Balaban J connectivity index is 3.37. The topological polar surface area (TPSA) is 55.7 Å². The van der Waals surface area contributed by atoms with E-state index in [1.807, 2.05) is 0 Å². The van der Waals surface area contributed by atoms with Gasteiger partial charge in [0.15, 0.2) is 35.0 Å². The summed E-state index contributed by atoms with van der Waals surface area (Å²) in [4.78, 5) is 27.0. The number of carbonyl (C=O) groups is 2. The number of nitrogens with zero attached hydrogens (tertiary/aromatic N) is 1. The SMILES string of the molecule is CCOC(=O)C(C=NC)C(=O)c1c(F)c(F)cc(F)c1F. The van der Waals surface area contributed by atoms with Crippen LogP contribution in [0.1, 0.15) is 17.3 Å². The first-order valence-corrected chi connectivity index (χ1v) is 5.81. The summed E-state index contributed by atoms with van der Waals surface area (Å²) in [5.41, 5.74) is -1.48. The molecule has 0 amide bonds. The second kappa shape index (κ2) is 6.96. The van der Waals surface area contributed by atoms with Crippen LogP contribution in [0.2, 0.25) is 0 Å². The molecule has 4 nitrogen and oxygen atoms in total. The molecule has 0 aliphatic carbocycles. The van der Waals surface area contributed by atoms with Crippen LogP contribution in [0.5, 0.6) is 0 Å². The molecule has 114 valence electrons. The first-order valence-electron chi connectivity index (χ1n) is 5.81. The van der Waals surface area contributed by atoms with Gasteiger partial charge in [-0.1, -0.05) is 0 Å². The first-order chi connectivity index (χ1) is 9.84. The summed E-state index contributed by atoms with van der Waals surface area (Å²) in [5, 5.41) is 0. The third-order valence-corrected chi connectivity index (χ3v) is 2.48. The van der Waals surface area contributed by atoms with Gasteiger partial charge in [0.2, 0.25) is 0 Å². The van der Waals surface area contributed by atoms with E-state index < -0.39 is 46.5 Å². The average molecular weight is 305 g/mol. The number of hydrogen-bond donors (Lipinski definition) is 0. The lowest BCUT2D eigenvalue weighted by atomic mass is 9.97. The molecule has 0 fully saturated rings. The van der Waals surface area contributed by atoms with Crippen LogP contribution in [0, 0.1) is 29.2 Å². The van der Waals surface area contributed by atoms with Crippen LogP contribution >= 0.6 is 0 Å². The van der Waals surface area contributed by atoms with Crippen LogP contribution < -0.4 is 0 Å². The molecular formula is C13H11F4NO3. The quantitative estimate of drug-likeness (QED) is 0.209. The maximum Gasteiger partial charge on any atom is 0.322 e. The summed E-state index contributed by atoms with van der Waals surface area (Å²) in [6.07, 6.45) is 0.780. The number of rotatable bonds is 5. The Morgan fingerprint density at radius 1 is 1.24 bits per heavy atom. The number of esters is 1. The molecule has 0 aromatic heterocycles. The van der Waals surface area contributed by atoms with E-state index in [0.717, 1.165) is 6.21 Å². The molecule has 0 saturated carbocycles. The van der Waals surface area contributed by atoms with Gasteiger partial charge in [0.05, 0.1) is 12.2 Å². The predicted octanol–water partition coefficient (Wildman–Crippen LogP) is 2.31. The summed E-state index contributed by atoms with van der Waals surface area (Å²) < 4.78 is 57.8.